The molecule has 0 aliphatic heterocycles. The van der Waals surface area contributed by atoms with E-state index in [1.54, 1.807) is 0 Å². The van der Waals surface area contributed by atoms with Crippen LogP contribution in [-0.2, 0) is 0 Å². The minimum atomic E-state index is -2.07. The van der Waals surface area contributed by atoms with Crippen LogP contribution >= 0.6 is 0 Å². The number of hydrogen-bond acceptors (Lipinski definition) is 4. The maximum atomic E-state index is 13.3. The summed E-state index contributed by atoms with van der Waals surface area (Å²) < 4.78 is 56.4. The molecule has 5 nitrogen and oxygen atoms in total. The fourth-order valence-electron chi connectivity index (χ4n) is 1.26. The van der Waals surface area contributed by atoms with Crippen LogP contribution in [0.2, 0.25) is 0 Å². The van der Waals surface area contributed by atoms with Gasteiger partial charge in [-0.3, -0.25) is 10.1 Å². The lowest BCUT2D eigenvalue weighted by Gasteiger charge is -2.04. The molecule has 0 radical (unpaired) electrons. The smallest absolute Gasteiger partial charge is 0.270 e. The second kappa shape index (κ2) is 4.67. The first-order valence-electron chi connectivity index (χ1n) is 4.84. The van der Waals surface area contributed by atoms with E-state index in [4.69, 9.17) is 0 Å². The molecule has 0 spiro atoms. The van der Waals surface area contributed by atoms with Crippen molar-refractivity contribution in [2.45, 2.75) is 6.92 Å². The summed E-state index contributed by atoms with van der Waals surface area (Å²) in [6, 6.07) is 0.232. The van der Waals surface area contributed by atoms with Gasteiger partial charge in [0.1, 0.15) is 0 Å². The van der Waals surface area contributed by atoms with Crippen LogP contribution in [-0.4, -0.2) is 16.0 Å². The minimum absolute atomic E-state index is 0.118. The average Bonchev–Trinajstić information content (AvgIpc) is 2.76. The molecule has 0 saturated carbocycles. The number of aryl methyl sites for hydroxylation is 1. The third-order valence-corrected chi connectivity index (χ3v) is 2.10. The number of carbonyl (C=O) groups is 1. The first kappa shape index (κ1) is 13.0. The van der Waals surface area contributed by atoms with Gasteiger partial charge >= 0.3 is 0 Å². The molecule has 1 aromatic heterocycles. The second-order valence-electron chi connectivity index (χ2n) is 3.44. The first-order chi connectivity index (χ1) is 8.90. The lowest BCUT2D eigenvalue weighted by Crippen LogP contribution is -2.17. The van der Waals surface area contributed by atoms with Gasteiger partial charge < -0.3 is 4.52 Å². The summed E-state index contributed by atoms with van der Waals surface area (Å²) in [6.45, 7) is 1.43. The summed E-state index contributed by atoms with van der Waals surface area (Å²) in [7, 11) is 0. The van der Waals surface area contributed by atoms with Crippen molar-refractivity contribution in [3.05, 3.63) is 40.8 Å². The Bertz CT molecular complexity index is 656. The standard InChI is InChI=1S/C10H5F4N3O2/c1-3-15-10(17-19-3)16-9(18)4-2-5(11)7(13)8(14)6(4)12/h2H,1H3,(H,16,17,18). The number of anilines is 1. The predicted octanol–water partition coefficient (Wildman–Crippen LogP) is 2.19. The van der Waals surface area contributed by atoms with Crippen molar-refractivity contribution in [2.75, 3.05) is 5.32 Å². The molecule has 0 saturated heterocycles. The highest BCUT2D eigenvalue weighted by Crippen LogP contribution is 2.19. The Hall–Kier alpha value is -2.45. The van der Waals surface area contributed by atoms with Crippen LogP contribution in [0.1, 0.15) is 16.2 Å². The molecule has 2 rings (SSSR count). The molecular formula is C10H5F4N3O2. The van der Waals surface area contributed by atoms with E-state index >= 15 is 0 Å². The number of amides is 1. The van der Waals surface area contributed by atoms with Crippen molar-refractivity contribution in [2.24, 2.45) is 0 Å². The largest absolute Gasteiger partial charge is 0.338 e. The van der Waals surface area contributed by atoms with Crippen LogP contribution in [0, 0.1) is 30.2 Å². The van der Waals surface area contributed by atoms with Gasteiger partial charge in [0, 0.05) is 6.92 Å². The van der Waals surface area contributed by atoms with Gasteiger partial charge in [-0.1, -0.05) is 0 Å². The zero-order valence-electron chi connectivity index (χ0n) is 9.30. The molecule has 0 aliphatic rings. The van der Waals surface area contributed by atoms with Gasteiger partial charge in [0.25, 0.3) is 11.9 Å². The summed E-state index contributed by atoms with van der Waals surface area (Å²) in [5, 5.41) is 5.21. The second-order valence-corrected chi connectivity index (χ2v) is 3.44. The van der Waals surface area contributed by atoms with E-state index in [2.05, 4.69) is 14.7 Å². The normalized spacial score (nSPS) is 10.6. The lowest BCUT2D eigenvalue weighted by molar-refractivity contribution is 0.102. The highest BCUT2D eigenvalue weighted by Gasteiger charge is 2.23. The van der Waals surface area contributed by atoms with E-state index in [0.717, 1.165) is 0 Å². The Kier molecular flexibility index (Phi) is 3.19. The number of benzene rings is 1. The summed E-state index contributed by atoms with van der Waals surface area (Å²) >= 11 is 0. The van der Waals surface area contributed by atoms with Gasteiger partial charge in [-0.2, -0.15) is 4.98 Å². The molecule has 0 unspecified atom stereocenters. The first-order valence-corrected chi connectivity index (χ1v) is 4.84. The average molecular weight is 275 g/mol. The molecule has 0 bridgehead atoms. The molecule has 1 heterocycles. The summed E-state index contributed by atoms with van der Waals surface area (Å²) in [6.07, 6.45) is 0. The summed E-state index contributed by atoms with van der Waals surface area (Å²) in [5.74, 6) is -9.00. The Morgan fingerprint density at radius 3 is 2.47 bits per heavy atom. The fourth-order valence-corrected chi connectivity index (χ4v) is 1.26. The monoisotopic (exact) mass is 275 g/mol. The Balaban J connectivity index is 2.34. The molecule has 1 amide bonds. The van der Waals surface area contributed by atoms with Crippen molar-refractivity contribution < 1.29 is 26.9 Å². The summed E-state index contributed by atoms with van der Waals surface area (Å²) in [4.78, 5) is 15.1. The molecule has 1 N–H and O–H groups in total. The Morgan fingerprint density at radius 2 is 1.89 bits per heavy atom. The van der Waals surface area contributed by atoms with Crippen LogP contribution in [0.5, 0.6) is 0 Å². The molecule has 0 fully saturated rings. The molecule has 100 valence electrons. The molecule has 0 atom stereocenters. The minimum Gasteiger partial charge on any atom is -0.338 e. The van der Waals surface area contributed by atoms with Crippen LogP contribution in [0.25, 0.3) is 0 Å². The van der Waals surface area contributed by atoms with Crippen molar-refractivity contribution in [3.8, 4) is 0 Å². The van der Waals surface area contributed by atoms with Crippen molar-refractivity contribution in [3.63, 3.8) is 0 Å². The van der Waals surface area contributed by atoms with Crippen LogP contribution in [0.15, 0.2) is 10.6 Å². The number of nitrogens with zero attached hydrogens (tertiary/aromatic N) is 2. The van der Waals surface area contributed by atoms with Gasteiger partial charge in [-0.15, -0.1) is 0 Å². The third kappa shape index (κ3) is 2.39. The Morgan fingerprint density at radius 1 is 1.21 bits per heavy atom. The van der Waals surface area contributed by atoms with Crippen molar-refractivity contribution in [1.29, 1.82) is 0 Å². The van der Waals surface area contributed by atoms with Crippen LogP contribution in [0.3, 0.4) is 0 Å². The molecule has 19 heavy (non-hydrogen) atoms. The fraction of sp³-hybridized carbons (Fsp3) is 0.100. The maximum Gasteiger partial charge on any atom is 0.270 e. The van der Waals surface area contributed by atoms with E-state index < -0.39 is 34.7 Å². The highest BCUT2D eigenvalue weighted by molar-refractivity contribution is 6.03. The molecule has 2 aromatic rings. The van der Waals surface area contributed by atoms with Gasteiger partial charge in [0.05, 0.1) is 5.56 Å². The topological polar surface area (TPSA) is 68.0 Å². The SMILES string of the molecule is Cc1nc(NC(=O)c2cc(F)c(F)c(F)c2F)no1. The third-order valence-electron chi connectivity index (χ3n) is 2.10. The highest BCUT2D eigenvalue weighted by atomic mass is 19.2. The van der Waals surface area contributed by atoms with Gasteiger partial charge in [0.2, 0.25) is 5.89 Å². The van der Waals surface area contributed by atoms with Gasteiger partial charge in [-0.05, 0) is 11.2 Å². The maximum absolute atomic E-state index is 13.3. The molecule has 0 aliphatic carbocycles. The van der Waals surface area contributed by atoms with E-state index in [9.17, 15) is 22.4 Å². The van der Waals surface area contributed by atoms with E-state index in [1.165, 1.54) is 6.92 Å². The predicted molar refractivity (Wildman–Crippen MR) is 53.3 cm³/mol. The zero-order chi connectivity index (χ0) is 14.2. The lowest BCUT2D eigenvalue weighted by atomic mass is 10.1. The molecule has 9 heteroatoms. The number of nitrogens with one attached hydrogen (secondary N) is 1. The zero-order valence-corrected chi connectivity index (χ0v) is 9.30. The number of hydrogen-bond donors (Lipinski definition) is 1. The van der Waals surface area contributed by atoms with Crippen LogP contribution in [0.4, 0.5) is 23.5 Å². The van der Waals surface area contributed by atoms with Crippen LogP contribution < -0.4 is 5.32 Å². The van der Waals surface area contributed by atoms with Crippen molar-refractivity contribution >= 4 is 11.9 Å². The van der Waals surface area contributed by atoms with Crippen molar-refractivity contribution in [1.82, 2.24) is 10.1 Å². The summed E-state index contributed by atoms with van der Waals surface area (Å²) in [5.41, 5.74) is -1.01. The van der Waals surface area contributed by atoms with Gasteiger partial charge in [0.15, 0.2) is 23.3 Å². The molecular weight excluding hydrogens is 270 g/mol. The Labute approximate surface area is 103 Å². The number of rotatable bonds is 2. The number of aromatic nitrogens is 2. The van der Waals surface area contributed by atoms with E-state index in [0.29, 0.717) is 0 Å². The van der Waals surface area contributed by atoms with Gasteiger partial charge in [-0.25, -0.2) is 17.6 Å². The van der Waals surface area contributed by atoms with E-state index in [-0.39, 0.29) is 17.9 Å². The number of carbonyl (C=O) groups excluding carboxylic acids is 1. The van der Waals surface area contributed by atoms with E-state index in [1.807, 2.05) is 5.32 Å². The number of halogens is 4. The quantitative estimate of drug-likeness (QED) is 0.518. The molecule has 1 aromatic carbocycles.